The highest BCUT2D eigenvalue weighted by atomic mass is 16.6. The van der Waals surface area contributed by atoms with E-state index >= 15 is 0 Å². The van der Waals surface area contributed by atoms with Crippen molar-refractivity contribution in [2.24, 2.45) is 0 Å². The van der Waals surface area contributed by atoms with E-state index in [0.29, 0.717) is 66.0 Å². The van der Waals surface area contributed by atoms with Crippen LogP contribution in [0.25, 0.3) is 10.9 Å². The zero-order valence-corrected chi connectivity index (χ0v) is 16.4. The van der Waals surface area contributed by atoms with Crippen LogP contribution in [0.4, 0.5) is 11.8 Å². The Hall–Kier alpha value is -3.63. The van der Waals surface area contributed by atoms with Crippen molar-refractivity contribution in [2.45, 2.75) is 6.92 Å². The van der Waals surface area contributed by atoms with Gasteiger partial charge in [0, 0.05) is 37.6 Å². The molecule has 1 fully saturated rings. The largest absolute Gasteiger partial charge is 0.493 e. The van der Waals surface area contributed by atoms with Gasteiger partial charge in [-0.15, -0.1) is 0 Å². The number of rotatable bonds is 4. The number of fused-ring (bicyclic) bond motifs is 1. The van der Waals surface area contributed by atoms with Crippen LogP contribution in [-0.4, -0.2) is 71.5 Å². The van der Waals surface area contributed by atoms with Gasteiger partial charge in [0.15, 0.2) is 17.2 Å². The van der Waals surface area contributed by atoms with Gasteiger partial charge >= 0.3 is 0 Å². The van der Waals surface area contributed by atoms with Crippen LogP contribution < -0.4 is 20.1 Å². The summed E-state index contributed by atoms with van der Waals surface area (Å²) in [4.78, 5) is 25.3. The first kappa shape index (κ1) is 18.7. The first-order chi connectivity index (χ1) is 14.0. The number of hydrogen-bond donors (Lipinski definition) is 1. The van der Waals surface area contributed by atoms with Gasteiger partial charge in [-0.3, -0.25) is 4.79 Å². The standard InChI is InChI=1S/C18H21N7O4/c1-10-15(23-29-22-10)17(26)24-4-6-25(7-5-24)18-20-12-9-14(28-3)13(27-2)8-11(12)16(19)21-18/h8-9H,4-7H2,1-3H3,(H2,19,20,21). The van der Waals surface area contributed by atoms with Crippen LogP contribution in [0.5, 0.6) is 11.5 Å². The number of amides is 1. The highest BCUT2D eigenvalue weighted by Crippen LogP contribution is 2.34. The van der Waals surface area contributed by atoms with Crippen molar-refractivity contribution in [2.75, 3.05) is 51.0 Å². The molecule has 1 amide bonds. The number of carbonyl (C=O) groups excluding carboxylic acids is 1. The Kier molecular flexibility index (Phi) is 4.79. The van der Waals surface area contributed by atoms with Crippen molar-refractivity contribution >= 4 is 28.6 Å². The maximum Gasteiger partial charge on any atom is 0.278 e. The molecule has 4 rings (SSSR count). The van der Waals surface area contributed by atoms with E-state index in [2.05, 4.69) is 24.9 Å². The number of benzene rings is 1. The number of nitrogen functional groups attached to an aromatic ring is 1. The zero-order chi connectivity index (χ0) is 20.5. The van der Waals surface area contributed by atoms with E-state index in [1.54, 1.807) is 38.2 Å². The van der Waals surface area contributed by atoms with E-state index < -0.39 is 0 Å². The molecule has 1 saturated heterocycles. The molecule has 1 aliphatic rings. The molecule has 0 atom stereocenters. The van der Waals surface area contributed by atoms with E-state index in [0.717, 1.165) is 0 Å². The van der Waals surface area contributed by atoms with Gasteiger partial charge in [0.1, 0.15) is 11.5 Å². The Bertz CT molecular complexity index is 1060. The Morgan fingerprint density at radius 3 is 2.38 bits per heavy atom. The van der Waals surface area contributed by atoms with Crippen molar-refractivity contribution in [3.8, 4) is 11.5 Å². The van der Waals surface area contributed by atoms with Crippen LogP contribution in [-0.2, 0) is 0 Å². The Morgan fingerprint density at radius 1 is 1.07 bits per heavy atom. The van der Waals surface area contributed by atoms with Gasteiger partial charge in [0.05, 0.1) is 19.7 Å². The SMILES string of the molecule is COc1cc2nc(N3CCN(C(=O)c4nonc4C)CC3)nc(N)c2cc1OC. The summed E-state index contributed by atoms with van der Waals surface area (Å²) in [6, 6.07) is 3.54. The molecule has 1 aliphatic heterocycles. The van der Waals surface area contributed by atoms with E-state index in [-0.39, 0.29) is 11.6 Å². The number of piperazine rings is 1. The van der Waals surface area contributed by atoms with Gasteiger partial charge in [-0.1, -0.05) is 5.16 Å². The lowest BCUT2D eigenvalue weighted by Gasteiger charge is -2.34. The Balaban J connectivity index is 1.55. The zero-order valence-electron chi connectivity index (χ0n) is 16.4. The topological polar surface area (TPSA) is 133 Å². The van der Waals surface area contributed by atoms with Crippen LogP contribution in [0.2, 0.25) is 0 Å². The highest BCUT2D eigenvalue weighted by Gasteiger charge is 2.27. The average molecular weight is 399 g/mol. The molecule has 11 nitrogen and oxygen atoms in total. The second-order valence-corrected chi connectivity index (χ2v) is 6.61. The van der Waals surface area contributed by atoms with E-state index in [1.807, 2.05) is 4.90 Å². The van der Waals surface area contributed by atoms with Crippen LogP contribution in [0.1, 0.15) is 16.2 Å². The molecule has 0 bridgehead atoms. The molecular formula is C18H21N7O4. The number of hydrogen-bond acceptors (Lipinski definition) is 10. The van der Waals surface area contributed by atoms with Gasteiger partial charge in [-0.25, -0.2) is 9.61 Å². The van der Waals surface area contributed by atoms with Crippen molar-refractivity contribution in [3.63, 3.8) is 0 Å². The summed E-state index contributed by atoms with van der Waals surface area (Å²) in [7, 11) is 3.13. The summed E-state index contributed by atoms with van der Waals surface area (Å²) in [5.41, 5.74) is 7.55. The predicted octanol–water partition coefficient (Wildman–Crippen LogP) is 0.883. The van der Waals surface area contributed by atoms with E-state index in [1.165, 1.54) is 0 Å². The summed E-state index contributed by atoms with van der Waals surface area (Å²) in [6.07, 6.45) is 0. The number of methoxy groups -OCH3 is 2. The van der Waals surface area contributed by atoms with Gasteiger partial charge in [0.25, 0.3) is 5.91 Å². The van der Waals surface area contributed by atoms with Gasteiger partial charge in [-0.05, 0) is 18.1 Å². The number of nitrogens with zero attached hydrogens (tertiary/aromatic N) is 6. The molecule has 0 radical (unpaired) electrons. The number of aromatic nitrogens is 4. The fraction of sp³-hybridized carbons (Fsp3) is 0.389. The minimum Gasteiger partial charge on any atom is -0.493 e. The summed E-state index contributed by atoms with van der Waals surface area (Å²) in [5.74, 6) is 1.80. The van der Waals surface area contributed by atoms with E-state index in [4.69, 9.17) is 15.2 Å². The van der Waals surface area contributed by atoms with Gasteiger partial charge in [0.2, 0.25) is 5.95 Å². The third-order valence-corrected chi connectivity index (χ3v) is 4.92. The van der Waals surface area contributed by atoms with Gasteiger partial charge in [-0.2, -0.15) is 4.98 Å². The molecular weight excluding hydrogens is 378 g/mol. The molecule has 0 saturated carbocycles. The number of anilines is 2. The summed E-state index contributed by atoms with van der Waals surface area (Å²) in [6.45, 7) is 3.81. The normalized spacial score (nSPS) is 14.3. The first-order valence-electron chi connectivity index (χ1n) is 9.04. The second kappa shape index (κ2) is 7.41. The molecule has 11 heteroatoms. The maximum absolute atomic E-state index is 12.6. The van der Waals surface area contributed by atoms with Crippen molar-refractivity contribution < 1.29 is 18.9 Å². The molecule has 0 aliphatic carbocycles. The highest BCUT2D eigenvalue weighted by molar-refractivity contribution is 5.93. The van der Waals surface area contributed by atoms with Crippen molar-refractivity contribution in [3.05, 3.63) is 23.5 Å². The molecule has 0 spiro atoms. The minimum absolute atomic E-state index is 0.195. The fourth-order valence-electron chi connectivity index (χ4n) is 3.29. The van der Waals surface area contributed by atoms with Gasteiger partial charge < -0.3 is 25.0 Å². The van der Waals surface area contributed by atoms with Crippen LogP contribution in [0.15, 0.2) is 16.8 Å². The molecule has 2 N–H and O–H groups in total. The molecule has 2 aromatic heterocycles. The quantitative estimate of drug-likeness (QED) is 0.674. The monoisotopic (exact) mass is 399 g/mol. The Morgan fingerprint density at radius 2 is 1.76 bits per heavy atom. The molecule has 3 heterocycles. The fourth-order valence-corrected chi connectivity index (χ4v) is 3.29. The molecule has 3 aromatic rings. The second-order valence-electron chi connectivity index (χ2n) is 6.61. The lowest BCUT2D eigenvalue weighted by molar-refractivity contribution is 0.0734. The summed E-state index contributed by atoms with van der Waals surface area (Å²) < 4.78 is 15.3. The number of nitrogens with two attached hydrogens (primary N) is 1. The maximum atomic E-state index is 12.6. The van der Waals surface area contributed by atoms with E-state index in [9.17, 15) is 4.79 Å². The molecule has 29 heavy (non-hydrogen) atoms. The third kappa shape index (κ3) is 3.35. The van der Waals surface area contributed by atoms with Crippen LogP contribution in [0.3, 0.4) is 0 Å². The van der Waals surface area contributed by atoms with Crippen LogP contribution >= 0.6 is 0 Å². The summed E-state index contributed by atoms with van der Waals surface area (Å²) >= 11 is 0. The lowest BCUT2D eigenvalue weighted by Crippen LogP contribution is -2.49. The smallest absolute Gasteiger partial charge is 0.278 e. The van der Waals surface area contributed by atoms with Crippen LogP contribution in [0, 0.1) is 6.92 Å². The predicted molar refractivity (Wildman–Crippen MR) is 104 cm³/mol. The molecule has 0 unspecified atom stereocenters. The Labute approximate surface area is 166 Å². The number of carbonyl (C=O) groups is 1. The minimum atomic E-state index is -0.195. The summed E-state index contributed by atoms with van der Waals surface area (Å²) in [5, 5.41) is 8.04. The average Bonchev–Trinajstić information content (AvgIpc) is 3.18. The lowest BCUT2D eigenvalue weighted by atomic mass is 10.2. The van der Waals surface area contributed by atoms with Crippen molar-refractivity contribution in [1.82, 2.24) is 25.2 Å². The molecule has 1 aromatic carbocycles. The third-order valence-electron chi connectivity index (χ3n) is 4.92. The number of aryl methyl sites for hydroxylation is 1. The van der Waals surface area contributed by atoms with Crippen molar-refractivity contribution in [1.29, 1.82) is 0 Å². The number of ether oxygens (including phenoxy) is 2. The molecule has 152 valence electrons. The first-order valence-corrected chi connectivity index (χ1v) is 9.04.